The second-order valence-corrected chi connectivity index (χ2v) is 5.55. The summed E-state index contributed by atoms with van der Waals surface area (Å²) in [6, 6.07) is 5.63. The van der Waals surface area contributed by atoms with Gasteiger partial charge in [-0.05, 0) is 24.6 Å². The molecule has 0 radical (unpaired) electrons. The summed E-state index contributed by atoms with van der Waals surface area (Å²) in [5, 5.41) is 19.7. The molecule has 24 heavy (non-hydrogen) atoms. The average molecular weight is 340 g/mol. The number of alkyl halides is 2. The lowest BCUT2D eigenvalue weighted by molar-refractivity contribution is -0.246. The van der Waals surface area contributed by atoms with Gasteiger partial charge in [0.05, 0.1) is 18.0 Å². The fraction of sp³-hybridized carbons (Fsp3) is 0.312. The summed E-state index contributed by atoms with van der Waals surface area (Å²) in [4.78, 5) is 4.66. The highest BCUT2D eigenvalue weighted by Gasteiger charge is 2.50. The monoisotopic (exact) mass is 340 g/mol. The van der Waals surface area contributed by atoms with Crippen molar-refractivity contribution in [1.82, 2.24) is 4.98 Å². The smallest absolute Gasteiger partial charge is 0.427 e. The Hall–Kier alpha value is -2.32. The van der Waals surface area contributed by atoms with Crippen LogP contribution in [0.2, 0.25) is 0 Å². The lowest BCUT2D eigenvalue weighted by Gasteiger charge is -2.40. The molecule has 0 saturated carbocycles. The van der Waals surface area contributed by atoms with Crippen LogP contribution in [0.1, 0.15) is 24.2 Å². The van der Waals surface area contributed by atoms with Crippen molar-refractivity contribution in [3.8, 4) is 5.75 Å². The number of halogens is 3. The van der Waals surface area contributed by atoms with Crippen LogP contribution in [-0.4, -0.2) is 27.5 Å². The number of nitrogens with zero attached hydrogens (tertiary/aromatic N) is 2. The molecule has 128 valence electrons. The van der Waals surface area contributed by atoms with Crippen LogP contribution in [0.5, 0.6) is 5.75 Å². The van der Waals surface area contributed by atoms with Crippen molar-refractivity contribution in [2.75, 3.05) is 4.90 Å². The van der Waals surface area contributed by atoms with Crippen molar-refractivity contribution >= 4 is 5.69 Å². The van der Waals surface area contributed by atoms with E-state index in [9.17, 15) is 23.4 Å². The fourth-order valence-electron chi connectivity index (χ4n) is 2.62. The van der Waals surface area contributed by atoms with E-state index >= 15 is 0 Å². The number of anilines is 1. The molecular weight excluding hydrogens is 325 g/mol. The Morgan fingerprint density at radius 3 is 2.79 bits per heavy atom. The Kier molecular flexibility index (Phi) is 4.10. The van der Waals surface area contributed by atoms with Gasteiger partial charge in [0.25, 0.3) is 0 Å². The first-order valence-corrected chi connectivity index (χ1v) is 7.21. The van der Waals surface area contributed by atoms with Crippen LogP contribution < -0.4 is 9.64 Å². The van der Waals surface area contributed by atoms with Crippen molar-refractivity contribution in [2.24, 2.45) is 0 Å². The van der Waals surface area contributed by atoms with Gasteiger partial charge in [0.2, 0.25) is 6.23 Å². The van der Waals surface area contributed by atoms with E-state index < -0.39 is 24.3 Å². The molecule has 8 heteroatoms. The predicted octanol–water partition coefficient (Wildman–Crippen LogP) is 2.58. The molecule has 2 N–H and O–H groups in total. The molecule has 5 nitrogen and oxygen atoms in total. The second-order valence-electron chi connectivity index (χ2n) is 5.55. The normalized spacial score (nSPS) is 20.2. The van der Waals surface area contributed by atoms with Crippen LogP contribution in [0.25, 0.3) is 0 Å². The molecule has 0 fully saturated rings. The fourth-order valence-corrected chi connectivity index (χ4v) is 2.62. The van der Waals surface area contributed by atoms with Crippen LogP contribution >= 0.6 is 0 Å². The molecular formula is C16H15F3N2O3. The summed E-state index contributed by atoms with van der Waals surface area (Å²) in [5.41, 5.74) is 0.651. The van der Waals surface area contributed by atoms with Crippen molar-refractivity contribution < 1.29 is 28.1 Å². The zero-order valence-corrected chi connectivity index (χ0v) is 12.7. The molecule has 2 atom stereocenters. The molecule has 0 amide bonds. The van der Waals surface area contributed by atoms with E-state index in [1.807, 2.05) is 0 Å². The first-order chi connectivity index (χ1) is 11.3. The van der Waals surface area contributed by atoms with Crippen molar-refractivity contribution in [3.05, 3.63) is 53.6 Å². The number of para-hydroxylation sites is 1. The average Bonchev–Trinajstić information content (AvgIpc) is 2.51. The molecule has 2 unspecified atom stereocenters. The highest BCUT2D eigenvalue weighted by molar-refractivity contribution is 5.64. The van der Waals surface area contributed by atoms with Gasteiger partial charge in [-0.15, -0.1) is 0 Å². The van der Waals surface area contributed by atoms with E-state index in [0.29, 0.717) is 5.56 Å². The minimum atomic E-state index is -3.89. The minimum Gasteiger partial charge on any atom is -0.427 e. The predicted molar refractivity (Wildman–Crippen MR) is 79.0 cm³/mol. The molecule has 1 aliphatic rings. The van der Waals surface area contributed by atoms with Gasteiger partial charge in [0.1, 0.15) is 5.82 Å². The summed E-state index contributed by atoms with van der Waals surface area (Å²) >= 11 is 0. The molecule has 1 aliphatic heterocycles. The van der Waals surface area contributed by atoms with E-state index in [-0.39, 0.29) is 23.5 Å². The largest absolute Gasteiger partial charge is 0.444 e. The van der Waals surface area contributed by atoms with Crippen LogP contribution in [0.4, 0.5) is 18.9 Å². The Balaban J connectivity index is 2.07. The van der Waals surface area contributed by atoms with Gasteiger partial charge in [-0.3, -0.25) is 4.98 Å². The Morgan fingerprint density at radius 2 is 2.12 bits per heavy atom. The molecule has 0 spiro atoms. The van der Waals surface area contributed by atoms with Gasteiger partial charge < -0.3 is 19.8 Å². The van der Waals surface area contributed by atoms with Gasteiger partial charge >= 0.3 is 6.11 Å². The first-order valence-electron chi connectivity index (χ1n) is 7.21. The van der Waals surface area contributed by atoms with Crippen LogP contribution in [0, 0.1) is 5.82 Å². The SMILES string of the molecule is CC(O)c1cccc2c1OC(F)(F)C(O)N2Cc1cncc(F)c1. The molecule has 0 saturated heterocycles. The second kappa shape index (κ2) is 5.95. The molecule has 3 rings (SSSR count). The number of ether oxygens (including phenoxy) is 1. The van der Waals surface area contributed by atoms with Gasteiger partial charge in [0, 0.05) is 18.3 Å². The van der Waals surface area contributed by atoms with Crippen molar-refractivity contribution in [1.29, 1.82) is 0 Å². The van der Waals surface area contributed by atoms with Gasteiger partial charge in [0.15, 0.2) is 5.75 Å². The minimum absolute atomic E-state index is 0.168. The van der Waals surface area contributed by atoms with Gasteiger partial charge in [-0.2, -0.15) is 8.78 Å². The maximum Gasteiger partial charge on any atom is 0.444 e. The highest BCUT2D eigenvalue weighted by Crippen LogP contribution is 2.45. The summed E-state index contributed by atoms with van der Waals surface area (Å²) in [6.45, 7) is 1.21. The van der Waals surface area contributed by atoms with Gasteiger partial charge in [-0.25, -0.2) is 4.39 Å². The quantitative estimate of drug-likeness (QED) is 0.899. The topological polar surface area (TPSA) is 65.8 Å². The van der Waals surface area contributed by atoms with Crippen molar-refractivity contribution in [3.63, 3.8) is 0 Å². The lowest BCUT2D eigenvalue weighted by atomic mass is 10.1. The summed E-state index contributed by atoms with van der Waals surface area (Å²) in [5.74, 6) is -0.827. The molecule has 2 aromatic rings. The maximum absolute atomic E-state index is 14.1. The van der Waals surface area contributed by atoms with E-state index in [1.165, 1.54) is 25.3 Å². The maximum atomic E-state index is 14.1. The molecule has 0 aliphatic carbocycles. The summed E-state index contributed by atoms with van der Waals surface area (Å²) in [6.07, 6.45) is -4.88. The number of fused-ring (bicyclic) bond motifs is 1. The standard InChI is InChI=1S/C16H15F3N2O3/c1-9(22)12-3-2-4-13-14(12)24-16(18,19)15(23)21(13)8-10-5-11(17)7-20-6-10/h2-7,9,15,22-23H,8H2,1H3. The number of aliphatic hydroxyl groups excluding tert-OH is 2. The van der Waals surface area contributed by atoms with Crippen molar-refractivity contribution in [2.45, 2.75) is 31.9 Å². The Bertz CT molecular complexity index is 755. The third-order valence-electron chi connectivity index (χ3n) is 3.73. The number of aliphatic hydroxyl groups is 2. The highest BCUT2D eigenvalue weighted by atomic mass is 19.3. The molecule has 0 bridgehead atoms. The summed E-state index contributed by atoms with van der Waals surface area (Å²) in [7, 11) is 0. The molecule has 1 aromatic carbocycles. The lowest BCUT2D eigenvalue weighted by Crippen LogP contribution is -2.54. The number of hydrogen-bond acceptors (Lipinski definition) is 5. The van der Waals surface area contributed by atoms with E-state index in [0.717, 1.165) is 17.2 Å². The number of aromatic nitrogens is 1. The van der Waals surface area contributed by atoms with Crippen LogP contribution in [0.15, 0.2) is 36.7 Å². The van der Waals surface area contributed by atoms with E-state index in [4.69, 9.17) is 0 Å². The van der Waals surface area contributed by atoms with E-state index in [1.54, 1.807) is 6.07 Å². The first kappa shape index (κ1) is 16.5. The van der Waals surface area contributed by atoms with E-state index in [2.05, 4.69) is 9.72 Å². The van der Waals surface area contributed by atoms with Gasteiger partial charge in [-0.1, -0.05) is 12.1 Å². The Labute approximate surface area is 135 Å². The zero-order valence-electron chi connectivity index (χ0n) is 12.7. The van der Waals surface area contributed by atoms with Crippen LogP contribution in [-0.2, 0) is 6.54 Å². The third kappa shape index (κ3) is 2.90. The summed E-state index contributed by atoms with van der Waals surface area (Å²) < 4.78 is 46.1. The molecule has 1 aromatic heterocycles. The third-order valence-corrected chi connectivity index (χ3v) is 3.73. The number of benzene rings is 1. The zero-order chi connectivity index (χ0) is 17.5. The van der Waals surface area contributed by atoms with Crippen LogP contribution in [0.3, 0.4) is 0 Å². The molecule has 2 heterocycles. The number of rotatable bonds is 3. The number of hydrogen-bond donors (Lipinski definition) is 2. The Morgan fingerprint density at radius 1 is 1.38 bits per heavy atom. The number of pyridine rings is 1.